The fourth-order valence-electron chi connectivity index (χ4n) is 3.55. The van der Waals surface area contributed by atoms with E-state index in [1.54, 1.807) is 5.57 Å². The molecule has 0 heterocycles. The molecule has 0 aromatic heterocycles. The Morgan fingerprint density at radius 3 is 2.21 bits per heavy atom. The summed E-state index contributed by atoms with van der Waals surface area (Å²) < 4.78 is 0. The molecule has 0 heteroatoms. The van der Waals surface area contributed by atoms with Gasteiger partial charge in [-0.15, -0.1) is 0 Å². The van der Waals surface area contributed by atoms with Crippen LogP contribution >= 0.6 is 0 Å². The third kappa shape index (κ3) is 4.26. The van der Waals surface area contributed by atoms with E-state index in [9.17, 15) is 0 Å². The molecule has 124 valence electrons. The Kier molecular flexibility index (Phi) is 5.69. The summed E-state index contributed by atoms with van der Waals surface area (Å²) in [5, 5.41) is 0. The minimum atomic E-state index is 0.697. The number of hydrogen-bond acceptors (Lipinski definition) is 0. The van der Waals surface area contributed by atoms with Crippen molar-refractivity contribution in [2.45, 2.75) is 51.9 Å². The van der Waals surface area contributed by atoms with Gasteiger partial charge in [0.25, 0.3) is 0 Å². The molecule has 0 nitrogen and oxygen atoms in total. The summed E-state index contributed by atoms with van der Waals surface area (Å²) in [4.78, 5) is 0. The second kappa shape index (κ2) is 8.15. The molecule has 0 radical (unpaired) electrons. The van der Waals surface area contributed by atoms with E-state index in [4.69, 9.17) is 0 Å². The lowest BCUT2D eigenvalue weighted by Crippen LogP contribution is -2.04. The van der Waals surface area contributed by atoms with Crippen LogP contribution in [0.15, 0.2) is 72.3 Å². The van der Waals surface area contributed by atoms with Crippen molar-refractivity contribution in [2.75, 3.05) is 0 Å². The van der Waals surface area contributed by atoms with Gasteiger partial charge in [0.05, 0.1) is 0 Å². The number of hydrogen-bond donors (Lipinski definition) is 0. The molecule has 0 saturated heterocycles. The lowest BCUT2D eigenvalue weighted by atomic mass is 9.83. The molecule has 2 aromatic carbocycles. The van der Waals surface area contributed by atoms with Gasteiger partial charge in [-0.2, -0.15) is 0 Å². The van der Waals surface area contributed by atoms with Crippen LogP contribution in [0.25, 0.3) is 11.1 Å². The molecule has 0 saturated carbocycles. The molecule has 0 amide bonds. The first-order chi connectivity index (χ1) is 11.8. The zero-order valence-electron chi connectivity index (χ0n) is 15.0. The minimum absolute atomic E-state index is 0.697. The number of benzene rings is 2. The molecule has 0 aliphatic heterocycles. The largest absolute Gasteiger partial charge is 0.0917 e. The average Bonchev–Trinajstić information content (AvgIpc) is 2.63. The number of allylic oxidation sites excluding steroid dienone is 4. The first-order valence-corrected chi connectivity index (χ1v) is 9.22. The van der Waals surface area contributed by atoms with Crippen LogP contribution in [0.4, 0.5) is 0 Å². The lowest BCUT2D eigenvalue weighted by molar-refractivity contribution is 0.586. The third-order valence-corrected chi connectivity index (χ3v) is 5.14. The summed E-state index contributed by atoms with van der Waals surface area (Å²) in [5.41, 5.74) is 7.09. The molecule has 1 aliphatic carbocycles. The molecule has 24 heavy (non-hydrogen) atoms. The Hall–Kier alpha value is -2.08. The molecule has 1 atom stereocenters. The Morgan fingerprint density at radius 2 is 1.62 bits per heavy atom. The lowest BCUT2D eigenvalue weighted by Gasteiger charge is -2.22. The third-order valence-electron chi connectivity index (χ3n) is 5.14. The predicted octanol–water partition coefficient (Wildman–Crippen LogP) is 7.21. The van der Waals surface area contributed by atoms with E-state index < -0.39 is 0 Å². The fourth-order valence-corrected chi connectivity index (χ4v) is 3.55. The zero-order chi connectivity index (χ0) is 16.8. The molecule has 0 N–H and O–H groups in total. The maximum Gasteiger partial charge on any atom is -0.0124 e. The number of aryl methyl sites for hydroxylation is 1. The van der Waals surface area contributed by atoms with Gasteiger partial charge in [-0.1, -0.05) is 77.9 Å². The molecule has 3 rings (SSSR count). The summed E-state index contributed by atoms with van der Waals surface area (Å²) >= 11 is 0. The van der Waals surface area contributed by atoms with Gasteiger partial charge in [-0.25, -0.2) is 0 Å². The van der Waals surface area contributed by atoms with Crippen molar-refractivity contribution in [3.05, 3.63) is 83.5 Å². The zero-order valence-corrected chi connectivity index (χ0v) is 15.0. The highest BCUT2D eigenvalue weighted by atomic mass is 14.2. The van der Waals surface area contributed by atoms with Gasteiger partial charge in [0.1, 0.15) is 0 Å². The number of rotatable bonds is 5. The van der Waals surface area contributed by atoms with Crippen molar-refractivity contribution in [3.63, 3.8) is 0 Å². The Bertz CT molecular complexity index is 699. The predicted molar refractivity (Wildman–Crippen MR) is 105 cm³/mol. The second-order valence-corrected chi connectivity index (χ2v) is 6.93. The first-order valence-electron chi connectivity index (χ1n) is 9.22. The molecule has 2 aromatic rings. The van der Waals surface area contributed by atoms with Crippen LogP contribution < -0.4 is 0 Å². The highest BCUT2D eigenvalue weighted by Gasteiger charge is 2.16. The first kappa shape index (κ1) is 16.8. The van der Waals surface area contributed by atoms with Gasteiger partial charge in [-0.05, 0) is 68.6 Å². The van der Waals surface area contributed by atoms with Crippen LogP contribution in [-0.4, -0.2) is 0 Å². The van der Waals surface area contributed by atoms with Crippen molar-refractivity contribution in [1.29, 1.82) is 0 Å². The van der Waals surface area contributed by atoms with E-state index >= 15 is 0 Å². The molecule has 0 spiro atoms. The Labute approximate surface area is 146 Å². The molecule has 1 unspecified atom stereocenters. The smallest absolute Gasteiger partial charge is 0.0124 e. The molecule has 0 bridgehead atoms. The molecule has 1 aliphatic rings. The standard InChI is InChI=1S/C24H28/c1-3-4-5-6-20-9-13-22(14-10-20)24-17-15-23(16-18-24)21-11-7-19(2)8-12-21/h3-4,7-9,11-12,15-18,22H,5-6,10,13-14H2,1-2H3/b4-3+. The SMILES string of the molecule is C/C=C/CCC1=CCC(c2ccc(-c3ccc(C)cc3)cc2)CC1. The van der Waals surface area contributed by atoms with Gasteiger partial charge in [0.2, 0.25) is 0 Å². The van der Waals surface area contributed by atoms with Crippen LogP contribution in [0.1, 0.15) is 56.1 Å². The van der Waals surface area contributed by atoms with Crippen LogP contribution in [0, 0.1) is 6.92 Å². The topological polar surface area (TPSA) is 0 Å². The van der Waals surface area contributed by atoms with Crippen molar-refractivity contribution in [1.82, 2.24) is 0 Å². The Balaban J connectivity index is 1.63. The van der Waals surface area contributed by atoms with Crippen molar-refractivity contribution < 1.29 is 0 Å². The van der Waals surface area contributed by atoms with E-state index in [0.717, 1.165) is 0 Å². The van der Waals surface area contributed by atoms with Gasteiger partial charge < -0.3 is 0 Å². The second-order valence-electron chi connectivity index (χ2n) is 6.93. The van der Waals surface area contributed by atoms with Crippen LogP contribution in [-0.2, 0) is 0 Å². The maximum atomic E-state index is 2.49. The van der Waals surface area contributed by atoms with Crippen LogP contribution in [0.5, 0.6) is 0 Å². The van der Waals surface area contributed by atoms with Crippen LogP contribution in [0.3, 0.4) is 0 Å². The Morgan fingerprint density at radius 1 is 0.958 bits per heavy atom. The van der Waals surface area contributed by atoms with Crippen LogP contribution in [0.2, 0.25) is 0 Å². The van der Waals surface area contributed by atoms with E-state index in [-0.39, 0.29) is 0 Å². The van der Waals surface area contributed by atoms with Crippen molar-refractivity contribution >= 4 is 0 Å². The summed E-state index contributed by atoms with van der Waals surface area (Å²) in [6.07, 6.45) is 13.1. The minimum Gasteiger partial charge on any atom is -0.0917 e. The van der Waals surface area contributed by atoms with Crippen molar-refractivity contribution in [3.8, 4) is 11.1 Å². The summed E-state index contributed by atoms with van der Waals surface area (Å²) in [5.74, 6) is 0.697. The average molecular weight is 316 g/mol. The molecular formula is C24H28. The van der Waals surface area contributed by atoms with E-state index in [1.165, 1.54) is 54.4 Å². The van der Waals surface area contributed by atoms with Gasteiger partial charge in [0, 0.05) is 0 Å². The fraction of sp³-hybridized carbons (Fsp3) is 0.333. The summed E-state index contributed by atoms with van der Waals surface area (Å²) in [7, 11) is 0. The monoisotopic (exact) mass is 316 g/mol. The molecule has 0 fully saturated rings. The van der Waals surface area contributed by atoms with E-state index in [2.05, 4.69) is 80.6 Å². The van der Waals surface area contributed by atoms with Gasteiger partial charge in [0.15, 0.2) is 0 Å². The van der Waals surface area contributed by atoms with Gasteiger partial charge >= 0.3 is 0 Å². The highest BCUT2D eigenvalue weighted by Crippen LogP contribution is 2.34. The quantitative estimate of drug-likeness (QED) is 0.511. The van der Waals surface area contributed by atoms with Crippen molar-refractivity contribution in [2.24, 2.45) is 0 Å². The van der Waals surface area contributed by atoms with E-state index in [1.807, 2.05) is 0 Å². The normalized spacial score (nSPS) is 17.9. The summed E-state index contributed by atoms with van der Waals surface area (Å²) in [6.45, 7) is 4.24. The maximum absolute atomic E-state index is 2.49. The summed E-state index contributed by atoms with van der Waals surface area (Å²) in [6, 6.07) is 18.0. The highest BCUT2D eigenvalue weighted by molar-refractivity contribution is 5.64. The van der Waals surface area contributed by atoms with Gasteiger partial charge in [-0.3, -0.25) is 0 Å². The van der Waals surface area contributed by atoms with E-state index in [0.29, 0.717) is 5.92 Å². The molecular weight excluding hydrogens is 288 g/mol.